The molecule has 100 valence electrons. The SMILES string of the molecule is OCCCNC1CCCN(C2CCCCC2)C1. The van der Waals surface area contributed by atoms with E-state index in [4.69, 9.17) is 5.11 Å². The minimum atomic E-state index is 0.312. The molecule has 17 heavy (non-hydrogen) atoms. The second-order valence-corrected chi connectivity index (χ2v) is 5.66. The average molecular weight is 240 g/mol. The van der Waals surface area contributed by atoms with Crippen LogP contribution in [0.2, 0.25) is 0 Å². The van der Waals surface area contributed by atoms with Crippen molar-refractivity contribution in [3.05, 3.63) is 0 Å². The monoisotopic (exact) mass is 240 g/mol. The van der Waals surface area contributed by atoms with Crippen molar-refractivity contribution in [3.8, 4) is 0 Å². The highest BCUT2D eigenvalue weighted by Gasteiger charge is 2.26. The Hall–Kier alpha value is -0.120. The van der Waals surface area contributed by atoms with Crippen LogP contribution in [0.15, 0.2) is 0 Å². The molecule has 0 amide bonds. The van der Waals surface area contributed by atoms with E-state index in [9.17, 15) is 0 Å². The Kier molecular flexibility index (Phi) is 5.75. The summed E-state index contributed by atoms with van der Waals surface area (Å²) in [4.78, 5) is 2.72. The molecule has 2 rings (SSSR count). The van der Waals surface area contributed by atoms with E-state index < -0.39 is 0 Å². The normalized spacial score (nSPS) is 28.4. The summed E-state index contributed by atoms with van der Waals surface area (Å²) in [5, 5.41) is 12.4. The first-order valence-electron chi connectivity index (χ1n) is 7.48. The maximum Gasteiger partial charge on any atom is 0.0443 e. The molecular weight excluding hydrogens is 212 g/mol. The smallest absolute Gasteiger partial charge is 0.0443 e. The minimum Gasteiger partial charge on any atom is -0.396 e. The van der Waals surface area contributed by atoms with Crippen LogP contribution in [0.1, 0.15) is 51.4 Å². The van der Waals surface area contributed by atoms with Crippen LogP contribution in [-0.4, -0.2) is 48.3 Å². The fraction of sp³-hybridized carbons (Fsp3) is 1.00. The van der Waals surface area contributed by atoms with Gasteiger partial charge in [-0.25, -0.2) is 0 Å². The molecule has 1 saturated heterocycles. The molecule has 1 aliphatic carbocycles. The van der Waals surface area contributed by atoms with E-state index in [1.54, 1.807) is 0 Å². The zero-order chi connectivity index (χ0) is 11.9. The fourth-order valence-corrected chi connectivity index (χ4v) is 3.34. The van der Waals surface area contributed by atoms with Crippen molar-refractivity contribution in [2.24, 2.45) is 0 Å². The molecule has 0 aromatic carbocycles. The number of hydrogen-bond donors (Lipinski definition) is 2. The highest BCUT2D eigenvalue weighted by atomic mass is 16.3. The third-order valence-corrected chi connectivity index (χ3v) is 4.31. The molecule has 1 atom stereocenters. The van der Waals surface area contributed by atoms with Crippen molar-refractivity contribution in [1.82, 2.24) is 10.2 Å². The molecule has 3 heteroatoms. The Morgan fingerprint density at radius 1 is 1.06 bits per heavy atom. The first kappa shape index (κ1) is 13.3. The molecular formula is C14H28N2O. The molecule has 2 fully saturated rings. The maximum absolute atomic E-state index is 8.80. The van der Waals surface area contributed by atoms with Gasteiger partial charge in [-0.15, -0.1) is 0 Å². The van der Waals surface area contributed by atoms with Crippen LogP contribution in [0.5, 0.6) is 0 Å². The van der Waals surface area contributed by atoms with Gasteiger partial charge in [-0.3, -0.25) is 4.90 Å². The number of aliphatic hydroxyl groups excluding tert-OH is 1. The Morgan fingerprint density at radius 2 is 1.88 bits per heavy atom. The minimum absolute atomic E-state index is 0.312. The highest BCUT2D eigenvalue weighted by Crippen LogP contribution is 2.25. The molecule has 1 aliphatic heterocycles. The zero-order valence-electron chi connectivity index (χ0n) is 11.0. The van der Waals surface area contributed by atoms with Crippen molar-refractivity contribution in [2.45, 2.75) is 63.5 Å². The summed E-state index contributed by atoms with van der Waals surface area (Å²) < 4.78 is 0. The fourth-order valence-electron chi connectivity index (χ4n) is 3.34. The van der Waals surface area contributed by atoms with Crippen molar-refractivity contribution in [2.75, 3.05) is 26.2 Å². The Balaban J connectivity index is 1.71. The van der Waals surface area contributed by atoms with Crippen LogP contribution in [0.3, 0.4) is 0 Å². The van der Waals surface area contributed by atoms with Gasteiger partial charge in [0, 0.05) is 25.2 Å². The van der Waals surface area contributed by atoms with E-state index in [-0.39, 0.29) is 0 Å². The van der Waals surface area contributed by atoms with Gasteiger partial charge < -0.3 is 10.4 Å². The van der Waals surface area contributed by atoms with Crippen LogP contribution in [0, 0.1) is 0 Å². The van der Waals surface area contributed by atoms with E-state index in [1.807, 2.05) is 0 Å². The third-order valence-electron chi connectivity index (χ3n) is 4.31. The second-order valence-electron chi connectivity index (χ2n) is 5.66. The summed E-state index contributed by atoms with van der Waals surface area (Å²) in [6.07, 6.45) is 10.7. The number of nitrogens with zero attached hydrogens (tertiary/aromatic N) is 1. The standard InChI is InChI=1S/C14H28N2O/c17-11-5-9-15-13-6-4-10-16(12-13)14-7-2-1-3-8-14/h13-15,17H,1-12H2. The Morgan fingerprint density at radius 3 is 2.65 bits per heavy atom. The van der Waals surface area contributed by atoms with E-state index in [1.165, 1.54) is 58.0 Å². The second kappa shape index (κ2) is 7.34. The molecule has 3 nitrogen and oxygen atoms in total. The number of likely N-dealkylation sites (tertiary alicyclic amines) is 1. The van der Waals surface area contributed by atoms with Crippen molar-refractivity contribution < 1.29 is 5.11 Å². The maximum atomic E-state index is 8.80. The number of aliphatic hydroxyl groups is 1. The number of hydrogen-bond acceptors (Lipinski definition) is 3. The summed E-state index contributed by atoms with van der Waals surface area (Å²) in [5.41, 5.74) is 0. The van der Waals surface area contributed by atoms with Crippen molar-refractivity contribution >= 4 is 0 Å². The zero-order valence-corrected chi connectivity index (χ0v) is 11.0. The first-order valence-corrected chi connectivity index (χ1v) is 7.48. The van der Waals surface area contributed by atoms with Gasteiger partial charge in [-0.1, -0.05) is 19.3 Å². The summed E-state index contributed by atoms with van der Waals surface area (Å²) in [6, 6.07) is 1.53. The molecule has 1 heterocycles. The third kappa shape index (κ3) is 4.23. The molecule has 2 aliphatic rings. The topological polar surface area (TPSA) is 35.5 Å². The number of nitrogens with one attached hydrogen (secondary N) is 1. The molecule has 0 aromatic heterocycles. The summed E-state index contributed by atoms with van der Waals surface area (Å²) in [7, 11) is 0. The molecule has 0 spiro atoms. The molecule has 0 radical (unpaired) electrons. The quantitative estimate of drug-likeness (QED) is 0.719. The van der Waals surface area contributed by atoms with Crippen LogP contribution >= 0.6 is 0 Å². The van der Waals surface area contributed by atoms with Crippen molar-refractivity contribution in [1.29, 1.82) is 0 Å². The first-order chi connectivity index (χ1) is 8.40. The molecule has 0 aromatic rings. The lowest BCUT2D eigenvalue weighted by atomic mass is 9.92. The average Bonchev–Trinajstić information content (AvgIpc) is 2.41. The van der Waals surface area contributed by atoms with Gasteiger partial charge in [0.1, 0.15) is 0 Å². The van der Waals surface area contributed by atoms with Crippen LogP contribution in [-0.2, 0) is 0 Å². The van der Waals surface area contributed by atoms with Gasteiger partial charge >= 0.3 is 0 Å². The van der Waals surface area contributed by atoms with Crippen molar-refractivity contribution in [3.63, 3.8) is 0 Å². The molecule has 1 saturated carbocycles. The summed E-state index contributed by atoms with van der Waals surface area (Å²) >= 11 is 0. The highest BCUT2D eigenvalue weighted by molar-refractivity contribution is 4.84. The number of rotatable bonds is 5. The van der Waals surface area contributed by atoms with E-state index in [0.717, 1.165) is 19.0 Å². The van der Waals surface area contributed by atoms with Gasteiger partial charge in [0.25, 0.3) is 0 Å². The molecule has 1 unspecified atom stereocenters. The predicted octanol–water partition coefficient (Wildman–Crippen LogP) is 1.76. The Labute approximate surface area is 106 Å². The van der Waals surface area contributed by atoms with Crippen LogP contribution < -0.4 is 5.32 Å². The predicted molar refractivity (Wildman–Crippen MR) is 71.2 cm³/mol. The number of piperidine rings is 1. The van der Waals surface area contributed by atoms with Gasteiger partial charge in [0.05, 0.1) is 0 Å². The lowest BCUT2D eigenvalue weighted by Crippen LogP contribution is -2.50. The van der Waals surface area contributed by atoms with Gasteiger partial charge in [-0.05, 0) is 45.2 Å². The van der Waals surface area contributed by atoms with E-state index in [0.29, 0.717) is 12.6 Å². The van der Waals surface area contributed by atoms with Crippen LogP contribution in [0.25, 0.3) is 0 Å². The van der Waals surface area contributed by atoms with Crippen LogP contribution in [0.4, 0.5) is 0 Å². The van der Waals surface area contributed by atoms with Gasteiger partial charge in [0.2, 0.25) is 0 Å². The van der Waals surface area contributed by atoms with Gasteiger partial charge in [0.15, 0.2) is 0 Å². The van der Waals surface area contributed by atoms with E-state index >= 15 is 0 Å². The molecule has 2 N–H and O–H groups in total. The Bertz CT molecular complexity index is 204. The van der Waals surface area contributed by atoms with E-state index in [2.05, 4.69) is 10.2 Å². The summed E-state index contributed by atoms with van der Waals surface area (Å²) in [5.74, 6) is 0. The molecule has 0 bridgehead atoms. The van der Waals surface area contributed by atoms with Gasteiger partial charge in [-0.2, -0.15) is 0 Å². The summed E-state index contributed by atoms with van der Waals surface area (Å²) in [6.45, 7) is 3.82. The largest absolute Gasteiger partial charge is 0.396 e. The lowest BCUT2D eigenvalue weighted by Gasteiger charge is -2.40. The lowest BCUT2D eigenvalue weighted by molar-refractivity contribution is 0.110.